The van der Waals surface area contributed by atoms with Gasteiger partial charge >= 0.3 is 0 Å². The highest BCUT2D eigenvalue weighted by atomic mass is 16.7. The minimum atomic E-state index is -1.34. The quantitative estimate of drug-likeness (QED) is 0.289. The summed E-state index contributed by atoms with van der Waals surface area (Å²) in [4.78, 5) is 26.7. The smallest absolute Gasteiger partial charge is 0.202 e. The standard InChI is InChI=1S/C26H29NO9/c1-3-26(34)8-12-18(15(9-26)36-16-7-13(27)21(29)10(2)35-16)25(33)20-19(23(12)31)22(30)11-5-4-6-14(28)17(11)24(20)32/h4-6,10,13,15-16,21,28-29,31,33-34H,3,7-9,27H2,1-2H3/t10?,13?,15?,16?,21?,26-/m0/s1. The summed E-state index contributed by atoms with van der Waals surface area (Å²) in [5.74, 6) is -3.02. The first-order valence-electron chi connectivity index (χ1n) is 12.0. The van der Waals surface area contributed by atoms with Gasteiger partial charge in [-0.25, -0.2) is 0 Å². The van der Waals surface area contributed by atoms with Crippen molar-refractivity contribution in [3.8, 4) is 17.2 Å². The maximum atomic E-state index is 13.4. The Morgan fingerprint density at radius 1 is 1.11 bits per heavy atom. The molecule has 1 fully saturated rings. The molecule has 10 nitrogen and oxygen atoms in total. The first kappa shape index (κ1) is 24.7. The fourth-order valence-corrected chi connectivity index (χ4v) is 5.58. The number of ether oxygens (including phenoxy) is 2. The molecule has 3 aliphatic rings. The number of carbonyl (C=O) groups excluding carboxylic acids is 2. The maximum Gasteiger partial charge on any atom is 0.202 e. The molecule has 0 bridgehead atoms. The molecule has 5 unspecified atom stereocenters. The molecule has 0 amide bonds. The van der Waals surface area contributed by atoms with Crippen molar-refractivity contribution in [3.63, 3.8) is 0 Å². The molecule has 1 saturated heterocycles. The first-order chi connectivity index (χ1) is 17.0. The summed E-state index contributed by atoms with van der Waals surface area (Å²) in [6.07, 6.45) is -3.09. The minimum absolute atomic E-state index is 0.0122. The van der Waals surface area contributed by atoms with E-state index >= 15 is 0 Å². The first-order valence-corrected chi connectivity index (χ1v) is 12.0. The van der Waals surface area contributed by atoms with Crippen molar-refractivity contribution in [1.29, 1.82) is 0 Å². The number of carbonyl (C=O) groups is 2. The maximum absolute atomic E-state index is 13.4. The second-order valence-electron chi connectivity index (χ2n) is 9.94. The van der Waals surface area contributed by atoms with Crippen molar-refractivity contribution in [2.24, 2.45) is 5.73 Å². The SMILES string of the molecule is CC[C@]1(O)Cc2c(O)c3c(c(O)c2C(OC2CC(N)C(O)C(C)O2)C1)C(=O)c1c(O)cccc1C3=O. The van der Waals surface area contributed by atoms with Crippen LogP contribution in [0, 0.1) is 0 Å². The van der Waals surface area contributed by atoms with Gasteiger partial charge in [-0.05, 0) is 19.4 Å². The fraction of sp³-hybridized carbons (Fsp3) is 0.462. The van der Waals surface area contributed by atoms with E-state index in [1.54, 1.807) is 13.8 Å². The number of aliphatic hydroxyl groups excluding tert-OH is 1. The lowest BCUT2D eigenvalue weighted by Gasteiger charge is -2.42. The molecule has 0 spiro atoms. The molecule has 0 aromatic heterocycles. The van der Waals surface area contributed by atoms with Crippen molar-refractivity contribution in [3.05, 3.63) is 51.6 Å². The Hall–Kier alpha value is -3.02. The average Bonchev–Trinajstić information content (AvgIpc) is 2.82. The molecule has 5 rings (SSSR count). The Kier molecular flexibility index (Phi) is 5.85. The Bertz CT molecular complexity index is 1260. The molecular formula is C26H29NO9. The second-order valence-corrected chi connectivity index (χ2v) is 9.94. The molecule has 6 atom stereocenters. The molecule has 0 radical (unpaired) electrons. The van der Waals surface area contributed by atoms with Crippen LogP contribution in [0.3, 0.4) is 0 Å². The third kappa shape index (κ3) is 3.60. The summed E-state index contributed by atoms with van der Waals surface area (Å²) < 4.78 is 11.9. The highest BCUT2D eigenvalue weighted by molar-refractivity contribution is 6.31. The summed E-state index contributed by atoms with van der Waals surface area (Å²) in [6.45, 7) is 3.40. The van der Waals surface area contributed by atoms with Gasteiger partial charge in [-0.15, -0.1) is 0 Å². The van der Waals surface area contributed by atoms with Gasteiger partial charge in [-0.3, -0.25) is 9.59 Å². The van der Waals surface area contributed by atoms with E-state index < -0.39 is 70.6 Å². The molecule has 10 heteroatoms. The van der Waals surface area contributed by atoms with Crippen molar-refractivity contribution in [2.45, 2.75) is 75.8 Å². The normalized spacial score (nSPS) is 31.5. The molecule has 192 valence electrons. The summed E-state index contributed by atoms with van der Waals surface area (Å²) in [6, 6.07) is 3.40. The summed E-state index contributed by atoms with van der Waals surface area (Å²) in [7, 11) is 0. The van der Waals surface area contributed by atoms with Gasteiger partial charge in [-0.2, -0.15) is 0 Å². The summed E-state index contributed by atoms with van der Waals surface area (Å²) >= 11 is 0. The number of nitrogens with two attached hydrogens (primary N) is 1. The minimum Gasteiger partial charge on any atom is -0.507 e. The fourth-order valence-electron chi connectivity index (χ4n) is 5.58. The van der Waals surface area contributed by atoms with Crippen LogP contribution in [0.4, 0.5) is 0 Å². The number of hydrogen-bond acceptors (Lipinski definition) is 10. The predicted molar refractivity (Wildman–Crippen MR) is 125 cm³/mol. The number of fused-ring (bicyclic) bond motifs is 3. The van der Waals surface area contributed by atoms with Crippen molar-refractivity contribution >= 4 is 11.6 Å². The summed E-state index contributed by atoms with van der Waals surface area (Å²) in [5.41, 5.74) is 3.71. The number of phenolic OH excluding ortho intramolecular Hbond substituents is 3. The van der Waals surface area contributed by atoms with E-state index in [4.69, 9.17) is 15.2 Å². The molecule has 2 aliphatic carbocycles. The lowest BCUT2D eigenvalue weighted by Crippen LogP contribution is -2.52. The van der Waals surface area contributed by atoms with Gasteiger partial charge in [0.25, 0.3) is 0 Å². The van der Waals surface area contributed by atoms with Crippen LogP contribution in [0.1, 0.15) is 82.2 Å². The van der Waals surface area contributed by atoms with Crippen LogP contribution in [0.25, 0.3) is 0 Å². The van der Waals surface area contributed by atoms with E-state index in [0.717, 1.165) is 0 Å². The van der Waals surface area contributed by atoms with Crippen LogP contribution in [0.15, 0.2) is 18.2 Å². The zero-order chi connectivity index (χ0) is 26.1. The van der Waals surface area contributed by atoms with Gasteiger partial charge < -0.3 is 40.7 Å². The lowest BCUT2D eigenvalue weighted by atomic mass is 9.72. The topological polar surface area (TPSA) is 180 Å². The van der Waals surface area contributed by atoms with Gasteiger partial charge in [0.05, 0.1) is 40.6 Å². The Balaban J connectivity index is 1.66. The Morgan fingerprint density at radius 2 is 1.81 bits per heavy atom. The number of phenols is 3. The van der Waals surface area contributed by atoms with Crippen LogP contribution in [-0.2, 0) is 15.9 Å². The number of hydrogen-bond donors (Lipinski definition) is 6. The van der Waals surface area contributed by atoms with E-state index in [0.29, 0.717) is 0 Å². The monoisotopic (exact) mass is 499 g/mol. The highest BCUT2D eigenvalue weighted by Gasteiger charge is 2.47. The Morgan fingerprint density at radius 3 is 2.47 bits per heavy atom. The molecule has 7 N–H and O–H groups in total. The van der Waals surface area contributed by atoms with Crippen LogP contribution >= 0.6 is 0 Å². The number of benzene rings is 2. The zero-order valence-corrected chi connectivity index (χ0v) is 19.9. The van der Waals surface area contributed by atoms with Crippen LogP contribution in [0.2, 0.25) is 0 Å². The molecule has 2 aromatic carbocycles. The predicted octanol–water partition coefficient (Wildman–Crippen LogP) is 1.55. The molecule has 36 heavy (non-hydrogen) atoms. The van der Waals surface area contributed by atoms with Crippen molar-refractivity contribution in [2.75, 3.05) is 0 Å². The summed E-state index contributed by atoms with van der Waals surface area (Å²) in [5, 5.41) is 54.3. The van der Waals surface area contributed by atoms with Gasteiger partial charge in [0.15, 0.2) is 12.1 Å². The molecule has 1 aliphatic heterocycles. The third-order valence-electron chi connectivity index (χ3n) is 7.68. The molecule has 1 heterocycles. The third-order valence-corrected chi connectivity index (χ3v) is 7.68. The van der Waals surface area contributed by atoms with E-state index in [1.807, 2.05) is 0 Å². The van der Waals surface area contributed by atoms with Crippen molar-refractivity contribution in [1.82, 2.24) is 0 Å². The van der Waals surface area contributed by atoms with Gasteiger partial charge in [0, 0.05) is 42.0 Å². The van der Waals surface area contributed by atoms with Gasteiger partial charge in [0.2, 0.25) is 5.78 Å². The number of aliphatic hydroxyl groups is 2. The molecule has 0 saturated carbocycles. The number of aromatic hydroxyl groups is 3. The number of ketones is 2. The van der Waals surface area contributed by atoms with E-state index in [-0.39, 0.29) is 53.5 Å². The second kappa shape index (κ2) is 8.53. The number of rotatable bonds is 3. The lowest BCUT2D eigenvalue weighted by molar-refractivity contribution is -0.247. The van der Waals surface area contributed by atoms with Crippen LogP contribution in [-0.4, -0.2) is 67.2 Å². The van der Waals surface area contributed by atoms with Crippen LogP contribution < -0.4 is 5.73 Å². The molecule has 2 aromatic rings. The van der Waals surface area contributed by atoms with Gasteiger partial charge in [0.1, 0.15) is 17.2 Å². The largest absolute Gasteiger partial charge is 0.507 e. The van der Waals surface area contributed by atoms with Crippen LogP contribution in [0.5, 0.6) is 17.2 Å². The average molecular weight is 500 g/mol. The highest BCUT2D eigenvalue weighted by Crippen LogP contribution is 2.52. The zero-order valence-electron chi connectivity index (χ0n) is 19.9. The van der Waals surface area contributed by atoms with Gasteiger partial charge in [-0.1, -0.05) is 19.1 Å². The molecular weight excluding hydrogens is 470 g/mol. The van der Waals surface area contributed by atoms with E-state index in [1.165, 1.54) is 18.2 Å². The van der Waals surface area contributed by atoms with E-state index in [9.17, 15) is 35.1 Å². The van der Waals surface area contributed by atoms with Crippen molar-refractivity contribution < 1.29 is 44.6 Å². The van der Waals surface area contributed by atoms with E-state index in [2.05, 4.69) is 0 Å². The Labute approximate surface area is 206 Å².